The van der Waals surface area contributed by atoms with Crippen LogP contribution in [0, 0.1) is 0 Å². The topological polar surface area (TPSA) is 44.7 Å². The van der Waals surface area contributed by atoms with Crippen LogP contribution in [0.25, 0.3) is 0 Å². The van der Waals surface area contributed by atoms with Gasteiger partial charge in [-0.25, -0.2) is 0 Å². The standard InChI is InChI=1S/C14H19NO2S/c1-14(2,3)18(16)15-10-11-6-4-5-7-13(11)17-12-8-9-12/h4-7,10,12H,8-9H2,1-3H3/b15-10+. The summed E-state index contributed by atoms with van der Waals surface area (Å²) in [7, 11) is 0. The maximum atomic E-state index is 11.9. The summed E-state index contributed by atoms with van der Waals surface area (Å²) in [6.07, 6.45) is 4.25. The molecule has 1 aromatic carbocycles. The van der Waals surface area contributed by atoms with E-state index in [1.165, 1.54) is 0 Å². The summed E-state index contributed by atoms with van der Waals surface area (Å²) in [4.78, 5) is 0. The minimum Gasteiger partial charge on any atom is -0.591 e. The second-order valence-electron chi connectivity index (χ2n) is 5.45. The van der Waals surface area contributed by atoms with E-state index in [0.29, 0.717) is 6.10 Å². The number of hydrogen-bond acceptors (Lipinski definition) is 3. The average Bonchev–Trinajstić information content (AvgIpc) is 3.10. The number of rotatable bonds is 4. The summed E-state index contributed by atoms with van der Waals surface area (Å²) < 4.78 is 21.4. The molecule has 0 amide bonds. The molecular weight excluding hydrogens is 246 g/mol. The van der Waals surface area contributed by atoms with Crippen LogP contribution in [0.4, 0.5) is 0 Å². The van der Waals surface area contributed by atoms with Crippen molar-refractivity contribution in [3.8, 4) is 5.75 Å². The molecule has 0 radical (unpaired) electrons. The molecule has 0 aliphatic heterocycles. The summed E-state index contributed by atoms with van der Waals surface area (Å²) in [6, 6.07) is 7.73. The van der Waals surface area contributed by atoms with Crippen molar-refractivity contribution >= 4 is 17.6 Å². The van der Waals surface area contributed by atoms with Crippen molar-refractivity contribution in [1.29, 1.82) is 0 Å². The highest BCUT2D eigenvalue weighted by Crippen LogP contribution is 2.28. The van der Waals surface area contributed by atoms with Gasteiger partial charge in [0.1, 0.15) is 21.9 Å². The van der Waals surface area contributed by atoms with E-state index in [0.717, 1.165) is 24.2 Å². The SMILES string of the molecule is CC(C)(C)[S+]([O-])/N=C/c1ccccc1OC1CC1. The summed E-state index contributed by atoms with van der Waals surface area (Å²) in [5.41, 5.74) is 0.891. The molecule has 1 atom stereocenters. The van der Waals surface area contributed by atoms with Crippen molar-refractivity contribution in [2.24, 2.45) is 4.40 Å². The van der Waals surface area contributed by atoms with E-state index in [4.69, 9.17) is 4.74 Å². The lowest BCUT2D eigenvalue weighted by Gasteiger charge is -2.17. The maximum absolute atomic E-state index is 11.9. The second kappa shape index (κ2) is 5.33. The normalized spacial score (nSPS) is 18.0. The summed E-state index contributed by atoms with van der Waals surface area (Å²) in [5.74, 6) is 0.828. The van der Waals surface area contributed by atoms with Gasteiger partial charge >= 0.3 is 0 Å². The van der Waals surface area contributed by atoms with Crippen molar-refractivity contribution in [2.45, 2.75) is 44.5 Å². The number of hydrogen-bond donors (Lipinski definition) is 0. The van der Waals surface area contributed by atoms with Crippen LogP contribution in [0.3, 0.4) is 0 Å². The Morgan fingerprint density at radius 3 is 2.61 bits per heavy atom. The van der Waals surface area contributed by atoms with Gasteiger partial charge in [-0.2, -0.15) is 0 Å². The van der Waals surface area contributed by atoms with Crippen LogP contribution < -0.4 is 4.74 Å². The largest absolute Gasteiger partial charge is 0.591 e. The van der Waals surface area contributed by atoms with Gasteiger partial charge in [0.25, 0.3) is 0 Å². The molecule has 1 aliphatic carbocycles. The average molecular weight is 265 g/mol. The highest BCUT2D eigenvalue weighted by atomic mass is 32.2. The lowest BCUT2D eigenvalue weighted by Crippen LogP contribution is -2.25. The van der Waals surface area contributed by atoms with Crippen molar-refractivity contribution in [3.63, 3.8) is 0 Å². The molecule has 0 heterocycles. The molecule has 4 heteroatoms. The molecule has 0 N–H and O–H groups in total. The van der Waals surface area contributed by atoms with E-state index in [9.17, 15) is 4.55 Å². The first kappa shape index (κ1) is 13.4. The molecule has 2 rings (SSSR count). The number of nitrogens with zero attached hydrogens (tertiary/aromatic N) is 1. The Hall–Kier alpha value is -1.00. The quantitative estimate of drug-likeness (QED) is 0.620. The molecule has 0 spiro atoms. The summed E-state index contributed by atoms with van der Waals surface area (Å²) in [5, 5.41) is 0. The van der Waals surface area contributed by atoms with Gasteiger partial charge in [0.05, 0.1) is 12.3 Å². The van der Waals surface area contributed by atoms with E-state index < -0.39 is 11.4 Å². The molecule has 98 valence electrons. The Labute approximate surface area is 112 Å². The van der Waals surface area contributed by atoms with Crippen LogP contribution in [0.5, 0.6) is 5.75 Å². The van der Waals surface area contributed by atoms with Crippen molar-refractivity contribution in [3.05, 3.63) is 29.8 Å². The molecule has 1 aromatic rings. The van der Waals surface area contributed by atoms with Crippen molar-refractivity contribution in [2.75, 3.05) is 0 Å². The van der Waals surface area contributed by atoms with Gasteiger partial charge in [-0.1, -0.05) is 16.5 Å². The first-order valence-corrected chi connectivity index (χ1v) is 7.29. The number of benzene rings is 1. The molecule has 0 aromatic heterocycles. The zero-order chi connectivity index (χ0) is 13.2. The van der Waals surface area contributed by atoms with Gasteiger partial charge in [-0.05, 0) is 45.7 Å². The third-order valence-electron chi connectivity index (χ3n) is 2.55. The van der Waals surface area contributed by atoms with E-state index in [1.54, 1.807) is 6.21 Å². The first-order chi connectivity index (χ1) is 8.47. The molecule has 3 nitrogen and oxygen atoms in total. The minimum atomic E-state index is -1.23. The molecule has 0 bridgehead atoms. The fraction of sp³-hybridized carbons (Fsp3) is 0.500. The third-order valence-corrected chi connectivity index (χ3v) is 3.89. The lowest BCUT2D eigenvalue weighted by molar-refractivity contribution is 0.303. The Bertz CT molecular complexity index is 436. The van der Waals surface area contributed by atoms with Gasteiger partial charge < -0.3 is 9.29 Å². The third kappa shape index (κ3) is 3.75. The zero-order valence-corrected chi connectivity index (χ0v) is 11.9. The van der Waals surface area contributed by atoms with Crippen molar-refractivity contribution < 1.29 is 9.29 Å². The number of para-hydroxylation sites is 1. The number of ether oxygens (including phenoxy) is 1. The fourth-order valence-corrected chi connectivity index (χ4v) is 1.85. The first-order valence-electron chi connectivity index (χ1n) is 6.18. The second-order valence-corrected chi connectivity index (χ2v) is 7.38. The molecule has 1 fully saturated rings. The Kier molecular flexibility index (Phi) is 3.97. The van der Waals surface area contributed by atoms with Crippen LogP contribution in [-0.2, 0) is 11.4 Å². The monoisotopic (exact) mass is 265 g/mol. The molecule has 0 saturated heterocycles. The smallest absolute Gasteiger partial charge is 0.144 e. The van der Waals surface area contributed by atoms with Gasteiger partial charge in [0, 0.05) is 5.56 Å². The van der Waals surface area contributed by atoms with Gasteiger partial charge in [0.2, 0.25) is 0 Å². The Morgan fingerprint density at radius 2 is 2.00 bits per heavy atom. The molecule has 1 saturated carbocycles. The van der Waals surface area contributed by atoms with Gasteiger partial charge in [0.15, 0.2) is 0 Å². The van der Waals surface area contributed by atoms with Crippen LogP contribution >= 0.6 is 0 Å². The minimum absolute atomic E-state index is 0.331. The Balaban J connectivity index is 2.10. The summed E-state index contributed by atoms with van der Waals surface area (Å²) in [6.45, 7) is 5.73. The maximum Gasteiger partial charge on any atom is 0.144 e. The zero-order valence-electron chi connectivity index (χ0n) is 11.1. The van der Waals surface area contributed by atoms with Crippen molar-refractivity contribution in [1.82, 2.24) is 0 Å². The van der Waals surface area contributed by atoms with Crippen LogP contribution in [0.15, 0.2) is 28.7 Å². The van der Waals surface area contributed by atoms with E-state index in [2.05, 4.69) is 4.40 Å². The van der Waals surface area contributed by atoms with E-state index in [-0.39, 0.29) is 4.75 Å². The van der Waals surface area contributed by atoms with Crippen LogP contribution in [-0.4, -0.2) is 21.6 Å². The van der Waals surface area contributed by atoms with E-state index in [1.807, 2.05) is 45.0 Å². The highest BCUT2D eigenvalue weighted by molar-refractivity contribution is 7.91. The Morgan fingerprint density at radius 1 is 1.33 bits per heavy atom. The summed E-state index contributed by atoms with van der Waals surface area (Å²) >= 11 is -1.23. The predicted molar refractivity (Wildman–Crippen MR) is 75.6 cm³/mol. The van der Waals surface area contributed by atoms with Crippen LogP contribution in [0.1, 0.15) is 39.2 Å². The molecular formula is C14H19NO2S. The van der Waals surface area contributed by atoms with Gasteiger partial charge in [-0.3, -0.25) is 0 Å². The molecule has 1 aliphatic rings. The molecule has 1 unspecified atom stereocenters. The van der Waals surface area contributed by atoms with E-state index >= 15 is 0 Å². The lowest BCUT2D eigenvalue weighted by atomic mass is 10.2. The predicted octanol–water partition coefficient (Wildman–Crippen LogP) is 3.11. The van der Waals surface area contributed by atoms with Crippen LogP contribution in [0.2, 0.25) is 0 Å². The fourth-order valence-electron chi connectivity index (χ4n) is 1.32. The highest BCUT2D eigenvalue weighted by Gasteiger charge is 2.26. The van der Waals surface area contributed by atoms with Gasteiger partial charge in [-0.15, -0.1) is 0 Å². The molecule has 18 heavy (non-hydrogen) atoms.